The first kappa shape index (κ1) is 27.5. The maximum atomic E-state index is 13.6. The van der Waals surface area contributed by atoms with Gasteiger partial charge in [-0.25, -0.2) is 4.79 Å². The van der Waals surface area contributed by atoms with E-state index in [0.717, 1.165) is 42.7 Å². The van der Waals surface area contributed by atoms with E-state index in [9.17, 15) is 14.4 Å². The first-order chi connectivity index (χ1) is 17.4. The molecule has 0 radical (unpaired) electrons. The molecule has 9 heteroatoms. The molecule has 1 atom stereocenters. The van der Waals surface area contributed by atoms with Crippen molar-refractivity contribution < 1.29 is 19.1 Å². The van der Waals surface area contributed by atoms with Gasteiger partial charge in [-0.05, 0) is 83.9 Å². The normalized spacial score (nSPS) is 21.0. The lowest BCUT2D eigenvalue weighted by Gasteiger charge is -2.38. The topological polar surface area (TPSA) is 87.7 Å². The van der Waals surface area contributed by atoms with E-state index < -0.39 is 5.60 Å². The smallest absolute Gasteiger partial charge is 0.410 e. The number of allylic oxidation sites excluding steroid dienone is 3. The highest BCUT2D eigenvalue weighted by molar-refractivity contribution is 6.36. The Kier molecular flexibility index (Phi) is 8.24. The molecular formula is C28H35Cl2N3O4. The van der Waals surface area contributed by atoms with Gasteiger partial charge in [0.05, 0.1) is 10.7 Å². The number of nitrogens with zero attached hydrogens (tertiary/aromatic N) is 1. The van der Waals surface area contributed by atoms with E-state index in [0.29, 0.717) is 47.2 Å². The molecule has 37 heavy (non-hydrogen) atoms. The summed E-state index contributed by atoms with van der Waals surface area (Å²) in [7, 11) is 0. The van der Waals surface area contributed by atoms with Gasteiger partial charge in [0.1, 0.15) is 5.60 Å². The molecule has 2 heterocycles. The number of halogens is 2. The van der Waals surface area contributed by atoms with Crippen LogP contribution in [0, 0.1) is 11.8 Å². The molecule has 2 amide bonds. The van der Waals surface area contributed by atoms with Crippen molar-refractivity contribution in [1.29, 1.82) is 0 Å². The monoisotopic (exact) mass is 547 g/mol. The van der Waals surface area contributed by atoms with E-state index in [1.807, 2.05) is 27.7 Å². The zero-order chi connectivity index (χ0) is 26.9. The number of benzene rings is 1. The number of likely N-dealkylation sites (tertiary alicyclic amines) is 1. The Balaban J connectivity index is 1.55. The van der Waals surface area contributed by atoms with Crippen LogP contribution in [-0.2, 0) is 14.3 Å². The summed E-state index contributed by atoms with van der Waals surface area (Å²) in [5.41, 5.74) is 2.86. The second-order valence-corrected chi connectivity index (χ2v) is 12.0. The molecular weight excluding hydrogens is 513 g/mol. The van der Waals surface area contributed by atoms with Gasteiger partial charge in [0.25, 0.3) is 5.91 Å². The number of ketones is 1. The minimum absolute atomic E-state index is 0.100. The summed E-state index contributed by atoms with van der Waals surface area (Å²) in [5, 5.41) is 7.12. The number of piperidine rings is 1. The predicted molar refractivity (Wildman–Crippen MR) is 145 cm³/mol. The minimum Gasteiger partial charge on any atom is -0.444 e. The molecule has 0 saturated carbocycles. The molecule has 4 rings (SSSR count). The highest BCUT2D eigenvalue weighted by Crippen LogP contribution is 2.41. The van der Waals surface area contributed by atoms with Crippen molar-refractivity contribution in [2.75, 3.05) is 18.4 Å². The lowest BCUT2D eigenvalue weighted by Crippen LogP contribution is -2.43. The van der Waals surface area contributed by atoms with Crippen molar-refractivity contribution in [1.82, 2.24) is 10.2 Å². The third kappa shape index (κ3) is 6.50. The molecule has 1 aromatic rings. The standard InChI is InChI=1S/C28H35Cl2N3O4/c1-16-24(26(35)32-22-15-18(29)8-9-20(22)30)19(25-21(31-16)6-5-7-23(25)34)14-17-10-12-33(13-11-17)27(36)37-28(2,3)4/h8-9,15,17,19,31H,5-7,10-14H2,1-4H3,(H,32,35). The molecule has 1 fully saturated rings. The van der Waals surface area contributed by atoms with Crippen LogP contribution < -0.4 is 10.6 Å². The van der Waals surface area contributed by atoms with Gasteiger partial charge in [-0.15, -0.1) is 0 Å². The van der Waals surface area contributed by atoms with Gasteiger partial charge >= 0.3 is 6.09 Å². The van der Waals surface area contributed by atoms with Crippen LogP contribution >= 0.6 is 23.2 Å². The van der Waals surface area contributed by atoms with Gasteiger partial charge in [-0.2, -0.15) is 0 Å². The highest BCUT2D eigenvalue weighted by atomic mass is 35.5. The maximum absolute atomic E-state index is 13.6. The fraction of sp³-hybridized carbons (Fsp3) is 0.536. The molecule has 200 valence electrons. The number of amides is 2. The van der Waals surface area contributed by atoms with Gasteiger partial charge < -0.3 is 20.3 Å². The van der Waals surface area contributed by atoms with Crippen molar-refractivity contribution in [2.24, 2.45) is 11.8 Å². The Morgan fingerprint density at radius 1 is 1.16 bits per heavy atom. The summed E-state index contributed by atoms with van der Waals surface area (Å²) in [6.45, 7) is 8.65. The predicted octanol–water partition coefficient (Wildman–Crippen LogP) is 6.47. The summed E-state index contributed by atoms with van der Waals surface area (Å²) in [5.74, 6) is -0.255. The lowest BCUT2D eigenvalue weighted by molar-refractivity contribution is -0.116. The molecule has 1 unspecified atom stereocenters. The van der Waals surface area contributed by atoms with E-state index in [-0.39, 0.29) is 29.6 Å². The first-order valence-corrected chi connectivity index (χ1v) is 13.7. The molecule has 0 spiro atoms. The molecule has 1 saturated heterocycles. The van der Waals surface area contributed by atoms with E-state index in [2.05, 4.69) is 10.6 Å². The first-order valence-electron chi connectivity index (χ1n) is 12.9. The van der Waals surface area contributed by atoms with Crippen LogP contribution in [0.3, 0.4) is 0 Å². The molecule has 7 nitrogen and oxygen atoms in total. The molecule has 1 aromatic carbocycles. The number of nitrogens with one attached hydrogen (secondary N) is 2. The Bertz CT molecular complexity index is 1160. The van der Waals surface area contributed by atoms with Crippen LogP contribution in [0.5, 0.6) is 0 Å². The molecule has 3 aliphatic rings. The summed E-state index contributed by atoms with van der Waals surface area (Å²) >= 11 is 12.4. The molecule has 2 N–H and O–H groups in total. The largest absolute Gasteiger partial charge is 0.444 e. The Morgan fingerprint density at radius 2 is 1.86 bits per heavy atom. The number of hydrogen-bond donors (Lipinski definition) is 2. The van der Waals surface area contributed by atoms with Gasteiger partial charge in [-0.3, -0.25) is 9.59 Å². The average Bonchev–Trinajstić information content (AvgIpc) is 2.80. The molecule has 2 aliphatic heterocycles. The van der Waals surface area contributed by atoms with Crippen molar-refractivity contribution >= 4 is 46.7 Å². The maximum Gasteiger partial charge on any atom is 0.410 e. The number of anilines is 1. The van der Waals surface area contributed by atoms with Gasteiger partial charge in [0, 0.05) is 53.0 Å². The van der Waals surface area contributed by atoms with Crippen molar-refractivity contribution in [3.8, 4) is 0 Å². The number of Topliss-reactive ketones (excluding diaryl/α,β-unsaturated/α-hetero) is 1. The highest BCUT2D eigenvalue weighted by Gasteiger charge is 2.39. The van der Waals surface area contributed by atoms with Crippen molar-refractivity contribution in [3.05, 3.63) is 50.8 Å². The third-order valence-corrected chi connectivity index (χ3v) is 7.72. The molecule has 0 bridgehead atoms. The summed E-state index contributed by atoms with van der Waals surface area (Å²) in [4.78, 5) is 41.0. The number of carbonyl (C=O) groups is 3. The SMILES string of the molecule is CC1=C(C(=O)Nc2cc(Cl)ccc2Cl)C(CC2CCN(C(=O)OC(C)(C)C)CC2)C2=C(CCCC2=O)N1. The summed E-state index contributed by atoms with van der Waals surface area (Å²) in [6, 6.07) is 4.92. The number of dihydropyridines is 1. The summed E-state index contributed by atoms with van der Waals surface area (Å²) < 4.78 is 5.53. The van der Waals surface area contributed by atoms with Gasteiger partial charge in [0.15, 0.2) is 5.78 Å². The van der Waals surface area contributed by atoms with Crippen molar-refractivity contribution in [2.45, 2.75) is 71.8 Å². The Hall–Kier alpha value is -2.51. The van der Waals surface area contributed by atoms with E-state index >= 15 is 0 Å². The van der Waals surface area contributed by atoms with Crippen LogP contribution in [0.2, 0.25) is 10.0 Å². The Labute approximate surface area is 228 Å². The average molecular weight is 549 g/mol. The second kappa shape index (κ2) is 11.1. The van der Waals surface area contributed by atoms with Crippen molar-refractivity contribution in [3.63, 3.8) is 0 Å². The van der Waals surface area contributed by atoms with Crippen LogP contribution in [0.25, 0.3) is 0 Å². The minimum atomic E-state index is -0.538. The van der Waals surface area contributed by atoms with Gasteiger partial charge in [-0.1, -0.05) is 23.2 Å². The number of rotatable bonds is 4. The van der Waals surface area contributed by atoms with E-state index in [1.54, 1.807) is 23.1 Å². The molecule has 1 aliphatic carbocycles. The van der Waals surface area contributed by atoms with Crippen LogP contribution in [0.4, 0.5) is 10.5 Å². The number of hydrogen-bond acceptors (Lipinski definition) is 5. The van der Waals surface area contributed by atoms with Gasteiger partial charge in [0.2, 0.25) is 0 Å². The molecule has 0 aromatic heterocycles. The fourth-order valence-electron chi connectivity index (χ4n) is 5.46. The third-order valence-electron chi connectivity index (χ3n) is 7.15. The summed E-state index contributed by atoms with van der Waals surface area (Å²) in [6.07, 6.45) is 4.02. The zero-order valence-electron chi connectivity index (χ0n) is 21.9. The van der Waals surface area contributed by atoms with Crippen LogP contribution in [0.15, 0.2) is 40.7 Å². The fourth-order valence-corrected chi connectivity index (χ4v) is 5.79. The lowest BCUT2D eigenvalue weighted by atomic mass is 9.73. The zero-order valence-corrected chi connectivity index (χ0v) is 23.4. The van der Waals surface area contributed by atoms with E-state index in [1.165, 1.54) is 0 Å². The second-order valence-electron chi connectivity index (χ2n) is 11.1. The number of ether oxygens (including phenoxy) is 1. The van der Waals surface area contributed by atoms with Crippen LogP contribution in [-0.4, -0.2) is 41.4 Å². The quantitative estimate of drug-likeness (QED) is 0.451. The van der Waals surface area contributed by atoms with E-state index in [4.69, 9.17) is 27.9 Å². The van der Waals surface area contributed by atoms with Crippen LogP contribution in [0.1, 0.15) is 66.2 Å². The Morgan fingerprint density at radius 3 is 2.54 bits per heavy atom. The number of carbonyl (C=O) groups excluding carboxylic acids is 3.